The third kappa shape index (κ3) is 3.53. The monoisotopic (exact) mass is 336 g/mol. The summed E-state index contributed by atoms with van der Waals surface area (Å²) in [7, 11) is 0. The number of nitro groups is 1. The minimum absolute atomic E-state index is 0.0562. The molecule has 0 saturated carbocycles. The van der Waals surface area contributed by atoms with Crippen LogP contribution < -0.4 is 5.32 Å². The number of rotatable bonds is 5. The van der Waals surface area contributed by atoms with Crippen molar-refractivity contribution in [3.8, 4) is 0 Å². The smallest absolute Gasteiger partial charge is 0.292 e. The van der Waals surface area contributed by atoms with Gasteiger partial charge in [0.2, 0.25) is 0 Å². The molecule has 0 aliphatic heterocycles. The summed E-state index contributed by atoms with van der Waals surface area (Å²) in [6, 6.07) is 18.5. The van der Waals surface area contributed by atoms with Gasteiger partial charge in [-0.1, -0.05) is 42.5 Å². The van der Waals surface area contributed by atoms with Gasteiger partial charge in [-0.15, -0.1) is 0 Å². The lowest BCUT2D eigenvalue weighted by Crippen LogP contribution is -2.05. The molecule has 1 N–H and O–H groups in total. The molecule has 124 valence electrons. The number of hydrogen-bond acceptors (Lipinski definition) is 4. The first-order valence-electron chi connectivity index (χ1n) is 7.46. The SMILES string of the molecule is O=C(c1ccccc1)c1ccc(Nc2ccccc2[N+](=O)[O-])cc1F. The van der Waals surface area contributed by atoms with E-state index in [4.69, 9.17) is 0 Å². The second kappa shape index (κ2) is 6.92. The van der Waals surface area contributed by atoms with Crippen molar-refractivity contribution in [3.05, 3.63) is 99.9 Å². The van der Waals surface area contributed by atoms with Gasteiger partial charge in [0.25, 0.3) is 5.69 Å². The number of anilines is 2. The summed E-state index contributed by atoms with van der Waals surface area (Å²) >= 11 is 0. The van der Waals surface area contributed by atoms with Crippen LogP contribution in [0, 0.1) is 15.9 Å². The van der Waals surface area contributed by atoms with Gasteiger partial charge in [-0.2, -0.15) is 0 Å². The predicted molar refractivity (Wildman–Crippen MR) is 92.7 cm³/mol. The van der Waals surface area contributed by atoms with Crippen molar-refractivity contribution >= 4 is 22.8 Å². The minimum atomic E-state index is -0.697. The Morgan fingerprint density at radius 1 is 0.960 bits per heavy atom. The van der Waals surface area contributed by atoms with Crippen LogP contribution in [-0.2, 0) is 0 Å². The van der Waals surface area contributed by atoms with Crippen molar-refractivity contribution in [3.63, 3.8) is 0 Å². The zero-order valence-electron chi connectivity index (χ0n) is 13.0. The lowest BCUT2D eigenvalue weighted by atomic mass is 10.0. The van der Waals surface area contributed by atoms with Crippen LogP contribution >= 0.6 is 0 Å². The van der Waals surface area contributed by atoms with E-state index in [1.54, 1.807) is 42.5 Å². The van der Waals surface area contributed by atoms with Crippen LogP contribution in [0.4, 0.5) is 21.5 Å². The van der Waals surface area contributed by atoms with Gasteiger partial charge in [-0.3, -0.25) is 14.9 Å². The number of para-hydroxylation sites is 2. The van der Waals surface area contributed by atoms with Gasteiger partial charge < -0.3 is 5.32 Å². The van der Waals surface area contributed by atoms with E-state index in [1.807, 2.05) is 0 Å². The van der Waals surface area contributed by atoms with E-state index in [2.05, 4.69) is 5.32 Å². The van der Waals surface area contributed by atoms with E-state index in [9.17, 15) is 19.3 Å². The van der Waals surface area contributed by atoms with Crippen LogP contribution in [0.25, 0.3) is 0 Å². The molecule has 0 amide bonds. The van der Waals surface area contributed by atoms with Gasteiger partial charge in [0.05, 0.1) is 10.5 Å². The first-order chi connectivity index (χ1) is 12.1. The van der Waals surface area contributed by atoms with Gasteiger partial charge in [-0.05, 0) is 24.3 Å². The number of halogens is 1. The molecule has 5 nitrogen and oxygen atoms in total. The molecular formula is C19H13FN2O3. The Balaban J connectivity index is 1.88. The second-order valence-electron chi connectivity index (χ2n) is 5.29. The molecule has 3 aromatic rings. The molecule has 3 aromatic carbocycles. The summed E-state index contributed by atoms with van der Waals surface area (Å²) in [5, 5.41) is 13.8. The molecule has 3 rings (SSSR count). The fourth-order valence-electron chi connectivity index (χ4n) is 2.42. The van der Waals surface area contributed by atoms with Crippen LogP contribution in [0.15, 0.2) is 72.8 Å². The number of nitrogens with zero attached hydrogens (tertiary/aromatic N) is 1. The first-order valence-corrected chi connectivity index (χ1v) is 7.46. The number of nitrogens with one attached hydrogen (secondary N) is 1. The molecule has 0 aliphatic carbocycles. The number of carbonyl (C=O) groups excluding carboxylic acids is 1. The molecule has 0 saturated heterocycles. The normalized spacial score (nSPS) is 10.3. The summed E-state index contributed by atoms with van der Waals surface area (Å²) < 4.78 is 14.4. The zero-order valence-corrected chi connectivity index (χ0v) is 13.0. The molecule has 0 atom stereocenters. The summed E-state index contributed by atoms with van der Waals surface area (Å²) in [6.07, 6.45) is 0. The standard InChI is InChI=1S/C19H13FN2O3/c20-16-12-14(21-17-8-4-5-9-18(17)22(24)25)10-11-15(16)19(23)13-6-2-1-3-7-13/h1-12,21H. The van der Waals surface area contributed by atoms with Gasteiger partial charge in [0.1, 0.15) is 11.5 Å². The Morgan fingerprint density at radius 3 is 2.32 bits per heavy atom. The molecule has 0 bridgehead atoms. The Bertz CT molecular complexity index is 942. The molecule has 0 aliphatic rings. The first kappa shape index (κ1) is 16.3. The molecule has 0 radical (unpaired) electrons. The van der Waals surface area contributed by atoms with E-state index < -0.39 is 16.5 Å². The number of carbonyl (C=O) groups is 1. The Kier molecular flexibility index (Phi) is 4.52. The van der Waals surface area contributed by atoms with Gasteiger partial charge in [0, 0.05) is 17.3 Å². The van der Waals surface area contributed by atoms with Crippen LogP contribution in [0.2, 0.25) is 0 Å². The van der Waals surface area contributed by atoms with Crippen LogP contribution in [0.1, 0.15) is 15.9 Å². The lowest BCUT2D eigenvalue weighted by Gasteiger charge is -2.09. The van der Waals surface area contributed by atoms with Crippen LogP contribution in [0.3, 0.4) is 0 Å². The summed E-state index contributed by atoms with van der Waals surface area (Å²) in [5.41, 5.74) is 0.776. The van der Waals surface area contributed by atoms with Crippen molar-refractivity contribution in [2.24, 2.45) is 0 Å². The molecular weight excluding hydrogens is 323 g/mol. The summed E-state index contributed by atoms with van der Waals surface area (Å²) in [6.45, 7) is 0. The van der Waals surface area contributed by atoms with E-state index in [0.717, 1.165) is 6.07 Å². The lowest BCUT2D eigenvalue weighted by molar-refractivity contribution is -0.383. The van der Waals surface area contributed by atoms with Crippen LogP contribution in [-0.4, -0.2) is 10.7 Å². The van der Waals surface area contributed by atoms with Gasteiger partial charge in [-0.25, -0.2) is 4.39 Å². The highest BCUT2D eigenvalue weighted by molar-refractivity contribution is 6.09. The Morgan fingerprint density at radius 2 is 1.64 bits per heavy atom. The molecule has 25 heavy (non-hydrogen) atoms. The molecule has 0 heterocycles. The quantitative estimate of drug-likeness (QED) is 0.416. The maximum absolute atomic E-state index is 14.4. The highest BCUT2D eigenvalue weighted by Gasteiger charge is 2.16. The van der Waals surface area contributed by atoms with Crippen molar-refractivity contribution in [2.45, 2.75) is 0 Å². The van der Waals surface area contributed by atoms with E-state index in [1.165, 1.54) is 24.3 Å². The summed E-state index contributed by atoms with van der Waals surface area (Å²) in [4.78, 5) is 22.8. The van der Waals surface area contributed by atoms with Crippen LogP contribution in [0.5, 0.6) is 0 Å². The Labute approximate surface area is 142 Å². The third-order valence-electron chi connectivity index (χ3n) is 3.63. The average Bonchev–Trinajstić information content (AvgIpc) is 2.62. The number of hydrogen-bond donors (Lipinski definition) is 1. The third-order valence-corrected chi connectivity index (χ3v) is 3.63. The van der Waals surface area contributed by atoms with E-state index >= 15 is 0 Å². The predicted octanol–water partition coefficient (Wildman–Crippen LogP) is 4.71. The number of benzene rings is 3. The van der Waals surface area contributed by atoms with Crippen molar-refractivity contribution in [2.75, 3.05) is 5.32 Å². The van der Waals surface area contributed by atoms with E-state index in [-0.39, 0.29) is 16.9 Å². The molecule has 0 spiro atoms. The molecule has 0 aromatic heterocycles. The summed E-state index contributed by atoms with van der Waals surface area (Å²) in [5.74, 6) is -1.12. The van der Waals surface area contributed by atoms with E-state index in [0.29, 0.717) is 11.3 Å². The average molecular weight is 336 g/mol. The minimum Gasteiger partial charge on any atom is -0.350 e. The second-order valence-corrected chi connectivity index (χ2v) is 5.29. The fourth-order valence-corrected chi connectivity index (χ4v) is 2.42. The van der Waals surface area contributed by atoms with Gasteiger partial charge >= 0.3 is 0 Å². The maximum Gasteiger partial charge on any atom is 0.292 e. The number of ketones is 1. The topological polar surface area (TPSA) is 72.2 Å². The molecule has 0 unspecified atom stereocenters. The fraction of sp³-hybridized carbons (Fsp3) is 0. The highest BCUT2D eigenvalue weighted by atomic mass is 19.1. The highest BCUT2D eigenvalue weighted by Crippen LogP contribution is 2.28. The number of nitro benzene ring substituents is 1. The van der Waals surface area contributed by atoms with Gasteiger partial charge in [0.15, 0.2) is 5.78 Å². The molecule has 6 heteroatoms. The largest absolute Gasteiger partial charge is 0.350 e. The zero-order chi connectivity index (χ0) is 17.8. The maximum atomic E-state index is 14.4. The Hall–Kier alpha value is -3.54. The van der Waals surface area contributed by atoms with Crippen molar-refractivity contribution in [1.29, 1.82) is 0 Å². The van der Waals surface area contributed by atoms with Crippen molar-refractivity contribution in [1.82, 2.24) is 0 Å². The van der Waals surface area contributed by atoms with Crippen molar-refractivity contribution < 1.29 is 14.1 Å². The molecule has 0 fully saturated rings.